The number of nitrogens with zero attached hydrogens (tertiary/aromatic N) is 1. The normalized spacial score (nSPS) is 18.1. The molecule has 0 spiro atoms. The van der Waals surface area contributed by atoms with Gasteiger partial charge in [0.25, 0.3) is 5.91 Å². The Morgan fingerprint density at radius 3 is 2.95 bits per heavy atom. The Bertz CT molecular complexity index is 502. The Labute approximate surface area is 119 Å². The van der Waals surface area contributed by atoms with Crippen molar-refractivity contribution < 1.29 is 9.59 Å². The first kappa shape index (κ1) is 14.5. The average molecular weight is 275 g/mol. The molecule has 1 saturated heterocycles. The molecule has 2 amide bonds. The summed E-state index contributed by atoms with van der Waals surface area (Å²) >= 11 is 0. The number of benzene rings is 1. The fourth-order valence-electron chi connectivity index (χ4n) is 2.49. The number of anilines is 1. The van der Waals surface area contributed by atoms with E-state index >= 15 is 0 Å². The van der Waals surface area contributed by atoms with Gasteiger partial charge in [0.2, 0.25) is 5.91 Å². The molecule has 5 nitrogen and oxygen atoms in total. The third-order valence-corrected chi connectivity index (χ3v) is 3.62. The number of carbonyl (C=O) groups excluding carboxylic acids is 2. The number of hydrogen-bond donors (Lipinski definition) is 2. The highest BCUT2D eigenvalue weighted by Gasteiger charge is 2.28. The Morgan fingerprint density at radius 1 is 1.45 bits per heavy atom. The summed E-state index contributed by atoms with van der Waals surface area (Å²) in [5.74, 6) is -0.0684. The molecule has 2 rings (SSSR count). The molecule has 1 aliphatic rings. The van der Waals surface area contributed by atoms with E-state index < -0.39 is 0 Å². The maximum Gasteiger partial charge on any atom is 0.254 e. The van der Waals surface area contributed by atoms with Crippen molar-refractivity contribution in [2.75, 3.05) is 18.4 Å². The zero-order valence-electron chi connectivity index (χ0n) is 11.8. The highest BCUT2D eigenvalue weighted by molar-refractivity contribution is 5.97. The number of nitrogens with one attached hydrogen (secondary N) is 1. The van der Waals surface area contributed by atoms with E-state index in [-0.39, 0.29) is 17.9 Å². The van der Waals surface area contributed by atoms with Crippen molar-refractivity contribution in [2.45, 2.75) is 32.2 Å². The zero-order valence-corrected chi connectivity index (χ0v) is 11.8. The summed E-state index contributed by atoms with van der Waals surface area (Å²) in [5, 5.41) is 2.77. The summed E-state index contributed by atoms with van der Waals surface area (Å²) in [7, 11) is 0. The van der Waals surface area contributed by atoms with Crippen molar-refractivity contribution in [1.29, 1.82) is 0 Å². The lowest BCUT2D eigenvalue weighted by atomic mass is 10.1. The van der Waals surface area contributed by atoms with Gasteiger partial charge in [0.1, 0.15) is 0 Å². The van der Waals surface area contributed by atoms with Crippen LogP contribution in [0.15, 0.2) is 24.3 Å². The van der Waals surface area contributed by atoms with Crippen molar-refractivity contribution in [3.63, 3.8) is 0 Å². The van der Waals surface area contributed by atoms with Crippen molar-refractivity contribution in [3.05, 3.63) is 29.8 Å². The van der Waals surface area contributed by atoms with Crippen LogP contribution < -0.4 is 11.1 Å². The minimum atomic E-state index is -0.0596. The van der Waals surface area contributed by atoms with Gasteiger partial charge >= 0.3 is 0 Å². The predicted molar refractivity (Wildman–Crippen MR) is 78.5 cm³/mol. The van der Waals surface area contributed by atoms with Gasteiger partial charge in [-0.3, -0.25) is 9.59 Å². The Kier molecular flexibility index (Phi) is 4.74. The first-order valence-corrected chi connectivity index (χ1v) is 7.06. The minimum Gasteiger partial charge on any atom is -0.334 e. The molecule has 5 heteroatoms. The third kappa shape index (κ3) is 3.17. The lowest BCUT2D eigenvalue weighted by Gasteiger charge is -2.23. The van der Waals surface area contributed by atoms with E-state index in [4.69, 9.17) is 5.73 Å². The highest BCUT2D eigenvalue weighted by Crippen LogP contribution is 2.20. The SMILES string of the molecule is CCC(=O)Nc1cccc(C(=O)N2CCCC2CN)c1. The van der Waals surface area contributed by atoms with Gasteiger partial charge in [-0.15, -0.1) is 0 Å². The standard InChI is InChI=1S/C15H21N3O2/c1-2-14(19)17-12-6-3-5-11(9-12)15(20)18-8-4-7-13(18)10-16/h3,5-6,9,13H,2,4,7-8,10,16H2,1H3,(H,17,19). The highest BCUT2D eigenvalue weighted by atomic mass is 16.2. The Morgan fingerprint density at radius 2 is 2.25 bits per heavy atom. The molecule has 3 N–H and O–H groups in total. The van der Waals surface area contributed by atoms with Gasteiger partial charge in [-0.1, -0.05) is 13.0 Å². The number of carbonyl (C=O) groups is 2. The second kappa shape index (κ2) is 6.52. The lowest BCUT2D eigenvalue weighted by molar-refractivity contribution is -0.115. The quantitative estimate of drug-likeness (QED) is 0.876. The van der Waals surface area contributed by atoms with Crippen LogP contribution in [0, 0.1) is 0 Å². The molecule has 1 aliphatic heterocycles. The van der Waals surface area contributed by atoms with Gasteiger partial charge in [-0.05, 0) is 31.0 Å². The first-order valence-electron chi connectivity index (χ1n) is 7.06. The molecule has 0 saturated carbocycles. The van der Waals surface area contributed by atoms with E-state index in [9.17, 15) is 9.59 Å². The lowest BCUT2D eigenvalue weighted by Crippen LogP contribution is -2.39. The molecule has 1 fully saturated rings. The van der Waals surface area contributed by atoms with Gasteiger partial charge in [0, 0.05) is 36.8 Å². The average Bonchev–Trinajstić information content (AvgIpc) is 2.95. The zero-order chi connectivity index (χ0) is 14.5. The Balaban J connectivity index is 2.14. The molecule has 0 bridgehead atoms. The predicted octanol–water partition coefficient (Wildman–Crippen LogP) is 1.60. The molecule has 1 aromatic rings. The van der Waals surface area contributed by atoms with Gasteiger partial charge in [-0.25, -0.2) is 0 Å². The van der Waals surface area contributed by atoms with Crippen molar-refractivity contribution in [2.24, 2.45) is 5.73 Å². The molecule has 0 radical (unpaired) electrons. The number of likely N-dealkylation sites (tertiary alicyclic amines) is 1. The van der Waals surface area contributed by atoms with Crippen LogP contribution in [0.1, 0.15) is 36.5 Å². The molecule has 0 aliphatic carbocycles. The van der Waals surface area contributed by atoms with E-state index in [1.165, 1.54) is 0 Å². The second-order valence-electron chi connectivity index (χ2n) is 5.01. The molecule has 1 atom stereocenters. The number of rotatable bonds is 4. The summed E-state index contributed by atoms with van der Waals surface area (Å²) in [4.78, 5) is 25.7. The number of nitrogens with two attached hydrogens (primary N) is 1. The fourth-order valence-corrected chi connectivity index (χ4v) is 2.49. The van der Waals surface area contributed by atoms with Crippen LogP contribution >= 0.6 is 0 Å². The summed E-state index contributed by atoms with van der Waals surface area (Å²) in [6.45, 7) is 3.05. The monoisotopic (exact) mass is 275 g/mol. The minimum absolute atomic E-state index is 0.00875. The van der Waals surface area contributed by atoms with Crippen molar-refractivity contribution in [3.8, 4) is 0 Å². The maximum atomic E-state index is 12.5. The molecule has 20 heavy (non-hydrogen) atoms. The summed E-state index contributed by atoms with van der Waals surface area (Å²) in [6.07, 6.45) is 2.38. The van der Waals surface area contributed by atoms with Gasteiger partial charge in [0.15, 0.2) is 0 Å². The van der Waals surface area contributed by atoms with Crippen LogP contribution in [-0.2, 0) is 4.79 Å². The first-order chi connectivity index (χ1) is 9.65. The van der Waals surface area contributed by atoms with E-state index in [0.29, 0.717) is 24.2 Å². The second-order valence-corrected chi connectivity index (χ2v) is 5.01. The molecule has 1 unspecified atom stereocenters. The molecular formula is C15H21N3O2. The molecule has 0 aromatic heterocycles. The maximum absolute atomic E-state index is 12.5. The molecule has 108 valence electrons. The summed E-state index contributed by atoms with van der Waals surface area (Å²) in [5.41, 5.74) is 6.96. The smallest absolute Gasteiger partial charge is 0.254 e. The van der Waals surface area contributed by atoms with Crippen LogP contribution in [0.4, 0.5) is 5.69 Å². The van der Waals surface area contributed by atoms with Gasteiger partial charge in [0.05, 0.1) is 0 Å². The largest absolute Gasteiger partial charge is 0.334 e. The van der Waals surface area contributed by atoms with Crippen molar-refractivity contribution in [1.82, 2.24) is 4.90 Å². The van der Waals surface area contributed by atoms with E-state index in [1.54, 1.807) is 31.2 Å². The van der Waals surface area contributed by atoms with Crippen LogP contribution in [0.25, 0.3) is 0 Å². The molecule has 1 heterocycles. The van der Waals surface area contributed by atoms with Crippen molar-refractivity contribution >= 4 is 17.5 Å². The topological polar surface area (TPSA) is 75.4 Å². The van der Waals surface area contributed by atoms with Crippen LogP contribution in [0.3, 0.4) is 0 Å². The van der Waals surface area contributed by atoms with Gasteiger partial charge in [-0.2, -0.15) is 0 Å². The Hall–Kier alpha value is -1.88. The molecule has 1 aromatic carbocycles. The van der Waals surface area contributed by atoms with Crippen LogP contribution in [0.2, 0.25) is 0 Å². The van der Waals surface area contributed by atoms with Crippen LogP contribution in [-0.4, -0.2) is 35.8 Å². The summed E-state index contributed by atoms with van der Waals surface area (Å²) in [6, 6.07) is 7.20. The van der Waals surface area contributed by atoms with E-state index in [1.807, 2.05) is 4.90 Å². The van der Waals surface area contributed by atoms with Gasteiger partial charge < -0.3 is 16.0 Å². The number of amides is 2. The van der Waals surface area contributed by atoms with Crippen LogP contribution in [0.5, 0.6) is 0 Å². The summed E-state index contributed by atoms with van der Waals surface area (Å²) < 4.78 is 0. The third-order valence-electron chi connectivity index (χ3n) is 3.62. The molecular weight excluding hydrogens is 254 g/mol. The fraction of sp³-hybridized carbons (Fsp3) is 0.467. The van der Waals surface area contributed by atoms with E-state index in [2.05, 4.69) is 5.32 Å². The van der Waals surface area contributed by atoms with E-state index in [0.717, 1.165) is 19.4 Å². The number of hydrogen-bond acceptors (Lipinski definition) is 3.